The van der Waals surface area contributed by atoms with E-state index in [0.29, 0.717) is 12.6 Å². The normalized spacial score (nSPS) is 24.4. The molecule has 2 aliphatic rings. The van der Waals surface area contributed by atoms with E-state index in [1.807, 2.05) is 13.0 Å². The molecule has 5 heteroatoms. The highest BCUT2D eigenvalue weighted by Crippen LogP contribution is 2.39. The predicted octanol–water partition coefficient (Wildman–Crippen LogP) is 3.23. The standard InChI is InChI=1S/C17H27N3O2/c1-13-10-15(20-16(18-13)12-21-2)19-14-6-9-22-17(11-14)7-4-3-5-8-17/h10,14H,3-9,11-12H2,1-2H3,(H,18,19,20)/t14-/m1/s1. The largest absolute Gasteiger partial charge is 0.377 e. The molecule has 0 bridgehead atoms. The first-order valence-corrected chi connectivity index (χ1v) is 8.43. The van der Waals surface area contributed by atoms with Crippen LogP contribution in [0.3, 0.4) is 0 Å². The van der Waals surface area contributed by atoms with Gasteiger partial charge in [0.15, 0.2) is 5.82 Å². The predicted molar refractivity (Wildman–Crippen MR) is 85.9 cm³/mol. The number of ether oxygens (including phenoxy) is 2. The molecule has 0 amide bonds. The number of anilines is 1. The van der Waals surface area contributed by atoms with Crippen molar-refractivity contribution in [3.05, 3.63) is 17.6 Å². The van der Waals surface area contributed by atoms with E-state index in [2.05, 4.69) is 15.3 Å². The van der Waals surface area contributed by atoms with Crippen molar-refractivity contribution in [3.8, 4) is 0 Å². The quantitative estimate of drug-likeness (QED) is 0.925. The summed E-state index contributed by atoms with van der Waals surface area (Å²) in [6.45, 7) is 3.30. The van der Waals surface area contributed by atoms with E-state index in [1.54, 1.807) is 7.11 Å². The van der Waals surface area contributed by atoms with Gasteiger partial charge in [-0.15, -0.1) is 0 Å². The van der Waals surface area contributed by atoms with Gasteiger partial charge in [-0.1, -0.05) is 19.3 Å². The molecule has 0 aromatic carbocycles. The van der Waals surface area contributed by atoms with Crippen LogP contribution in [0.5, 0.6) is 0 Å². The summed E-state index contributed by atoms with van der Waals surface area (Å²) in [6.07, 6.45) is 8.52. The highest BCUT2D eigenvalue weighted by molar-refractivity contribution is 5.37. The van der Waals surface area contributed by atoms with E-state index in [4.69, 9.17) is 9.47 Å². The van der Waals surface area contributed by atoms with Crippen molar-refractivity contribution in [1.29, 1.82) is 0 Å². The Bertz CT molecular complexity index is 495. The number of aromatic nitrogens is 2. The average molecular weight is 305 g/mol. The fraction of sp³-hybridized carbons (Fsp3) is 0.765. The lowest BCUT2D eigenvalue weighted by Crippen LogP contribution is -2.45. The lowest BCUT2D eigenvalue weighted by Gasteiger charge is -2.43. The molecule has 2 heterocycles. The van der Waals surface area contributed by atoms with Gasteiger partial charge < -0.3 is 14.8 Å². The average Bonchev–Trinajstić information content (AvgIpc) is 2.48. The van der Waals surface area contributed by atoms with E-state index in [-0.39, 0.29) is 5.60 Å². The Hall–Kier alpha value is -1.20. The van der Waals surface area contributed by atoms with Crippen LogP contribution in [0, 0.1) is 6.92 Å². The Morgan fingerprint density at radius 3 is 2.91 bits per heavy atom. The molecule has 0 radical (unpaired) electrons. The van der Waals surface area contributed by atoms with Crippen LogP contribution in [-0.2, 0) is 16.1 Å². The number of nitrogens with zero attached hydrogens (tertiary/aromatic N) is 2. The fourth-order valence-electron chi connectivity index (χ4n) is 3.80. The van der Waals surface area contributed by atoms with Crippen LogP contribution >= 0.6 is 0 Å². The minimum Gasteiger partial charge on any atom is -0.377 e. The molecule has 1 N–H and O–H groups in total. The van der Waals surface area contributed by atoms with Crippen molar-refractivity contribution in [2.24, 2.45) is 0 Å². The van der Waals surface area contributed by atoms with Gasteiger partial charge in [-0.3, -0.25) is 0 Å². The fourth-order valence-corrected chi connectivity index (χ4v) is 3.80. The minimum atomic E-state index is 0.117. The maximum Gasteiger partial charge on any atom is 0.156 e. The molecular formula is C17H27N3O2. The van der Waals surface area contributed by atoms with Crippen molar-refractivity contribution in [2.75, 3.05) is 19.0 Å². The Labute approximate surface area is 132 Å². The minimum absolute atomic E-state index is 0.117. The molecule has 1 atom stereocenters. The van der Waals surface area contributed by atoms with Crippen LogP contribution in [0.25, 0.3) is 0 Å². The first kappa shape index (κ1) is 15.7. The van der Waals surface area contributed by atoms with Crippen molar-refractivity contribution in [2.45, 2.75) is 70.1 Å². The van der Waals surface area contributed by atoms with E-state index in [0.717, 1.165) is 36.8 Å². The number of methoxy groups -OCH3 is 1. The third kappa shape index (κ3) is 3.76. The van der Waals surface area contributed by atoms with Gasteiger partial charge in [0, 0.05) is 31.5 Å². The molecule has 1 saturated carbocycles. The summed E-state index contributed by atoms with van der Waals surface area (Å²) in [6, 6.07) is 2.46. The maximum atomic E-state index is 6.17. The van der Waals surface area contributed by atoms with E-state index < -0.39 is 0 Å². The zero-order valence-corrected chi connectivity index (χ0v) is 13.7. The van der Waals surface area contributed by atoms with Crippen LogP contribution in [0.4, 0.5) is 5.82 Å². The SMILES string of the molecule is COCc1nc(C)cc(N[C@@H]2CCOC3(CCCCC3)C2)n1. The van der Waals surface area contributed by atoms with E-state index in [9.17, 15) is 0 Å². The van der Waals surface area contributed by atoms with Gasteiger partial charge in [0.05, 0.1) is 5.60 Å². The Morgan fingerprint density at radius 1 is 1.32 bits per heavy atom. The number of aryl methyl sites for hydroxylation is 1. The van der Waals surface area contributed by atoms with Crippen molar-refractivity contribution in [1.82, 2.24) is 9.97 Å². The highest BCUT2D eigenvalue weighted by atomic mass is 16.5. The zero-order valence-electron chi connectivity index (χ0n) is 13.7. The van der Waals surface area contributed by atoms with Gasteiger partial charge in [-0.05, 0) is 32.6 Å². The first-order valence-electron chi connectivity index (χ1n) is 8.43. The second-order valence-corrected chi connectivity index (χ2v) is 6.67. The molecular weight excluding hydrogens is 278 g/mol. The summed E-state index contributed by atoms with van der Waals surface area (Å²) in [5, 5.41) is 3.61. The summed E-state index contributed by atoms with van der Waals surface area (Å²) in [5.41, 5.74) is 1.09. The molecule has 0 unspecified atom stereocenters. The van der Waals surface area contributed by atoms with E-state index >= 15 is 0 Å². The number of rotatable bonds is 4. The van der Waals surface area contributed by atoms with Gasteiger partial charge in [-0.25, -0.2) is 9.97 Å². The molecule has 1 spiro atoms. The lowest BCUT2D eigenvalue weighted by atomic mass is 9.78. The monoisotopic (exact) mass is 305 g/mol. The van der Waals surface area contributed by atoms with Gasteiger partial charge in [0.25, 0.3) is 0 Å². The van der Waals surface area contributed by atoms with Gasteiger partial charge >= 0.3 is 0 Å². The molecule has 3 rings (SSSR count). The van der Waals surface area contributed by atoms with Crippen LogP contribution < -0.4 is 5.32 Å². The van der Waals surface area contributed by atoms with Gasteiger partial charge in [0.1, 0.15) is 12.4 Å². The summed E-state index contributed by atoms with van der Waals surface area (Å²) in [5.74, 6) is 1.65. The van der Waals surface area contributed by atoms with E-state index in [1.165, 1.54) is 32.1 Å². The molecule has 1 aromatic rings. The molecule has 1 aliphatic heterocycles. The summed E-state index contributed by atoms with van der Waals surface area (Å²) < 4.78 is 11.3. The van der Waals surface area contributed by atoms with Gasteiger partial charge in [0.2, 0.25) is 0 Å². The second kappa shape index (κ2) is 6.92. The second-order valence-electron chi connectivity index (χ2n) is 6.67. The van der Waals surface area contributed by atoms with Crippen molar-refractivity contribution in [3.63, 3.8) is 0 Å². The van der Waals surface area contributed by atoms with Crippen LogP contribution in [0.15, 0.2) is 6.07 Å². The topological polar surface area (TPSA) is 56.3 Å². The first-order chi connectivity index (χ1) is 10.7. The molecule has 22 heavy (non-hydrogen) atoms. The molecule has 2 fully saturated rings. The number of nitrogens with one attached hydrogen (secondary N) is 1. The summed E-state index contributed by atoms with van der Waals surface area (Å²) in [7, 11) is 1.67. The summed E-state index contributed by atoms with van der Waals surface area (Å²) in [4.78, 5) is 8.96. The Morgan fingerprint density at radius 2 is 2.14 bits per heavy atom. The van der Waals surface area contributed by atoms with Gasteiger partial charge in [-0.2, -0.15) is 0 Å². The highest BCUT2D eigenvalue weighted by Gasteiger charge is 2.38. The maximum absolute atomic E-state index is 6.17. The van der Waals surface area contributed by atoms with Crippen molar-refractivity contribution >= 4 is 5.82 Å². The third-order valence-electron chi connectivity index (χ3n) is 4.78. The van der Waals surface area contributed by atoms with Crippen LogP contribution in [0.1, 0.15) is 56.5 Å². The molecule has 122 valence electrons. The Balaban J connectivity index is 1.67. The third-order valence-corrected chi connectivity index (χ3v) is 4.78. The van der Waals surface area contributed by atoms with Crippen LogP contribution in [0.2, 0.25) is 0 Å². The lowest BCUT2D eigenvalue weighted by molar-refractivity contribution is -0.103. The smallest absolute Gasteiger partial charge is 0.156 e. The molecule has 5 nitrogen and oxygen atoms in total. The Kier molecular flexibility index (Phi) is 4.93. The zero-order chi connectivity index (χ0) is 15.4. The van der Waals surface area contributed by atoms with Crippen molar-refractivity contribution < 1.29 is 9.47 Å². The van der Waals surface area contributed by atoms with Crippen LogP contribution in [-0.4, -0.2) is 35.3 Å². The summed E-state index contributed by atoms with van der Waals surface area (Å²) >= 11 is 0. The number of hydrogen-bond acceptors (Lipinski definition) is 5. The molecule has 1 aliphatic carbocycles. The number of hydrogen-bond donors (Lipinski definition) is 1. The molecule has 1 aromatic heterocycles. The molecule has 1 saturated heterocycles.